The molecule has 0 radical (unpaired) electrons. The predicted molar refractivity (Wildman–Crippen MR) is 82.6 cm³/mol. The number of hydrogen-bond donors (Lipinski definition) is 2. The fraction of sp³-hybridized carbons (Fsp3) is 0.700. The molecule has 0 fully saturated rings. The highest BCUT2D eigenvalue weighted by molar-refractivity contribution is 8.05. The van der Waals surface area contributed by atoms with Crippen LogP contribution in [0.3, 0.4) is 0 Å². The SMILES string of the molecule is C=C(C)C(=O)OCCCS(=O)(=O)NS(=O)(=O)C(F)(F)C(F)(F)C(F)(F)S(=O)(=O)O. The van der Waals surface area contributed by atoms with E-state index in [9.17, 15) is 56.4 Å². The molecule has 0 bridgehead atoms. The van der Waals surface area contributed by atoms with Crippen molar-refractivity contribution in [2.24, 2.45) is 0 Å². The number of nitrogens with one attached hydrogen (secondary N) is 1. The van der Waals surface area contributed by atoms with Gasteiger partial charge in [-0.15, -0.1) is 4.13 Å². The number of sulfonamides is 2. The Morgan fingerprint density at radius 2 is 1.45 bits per heavy atom. The zero-order chi connectivity index (χ0) is 23.7. The number of esters is 1. The molecule has 0 saturated heterocycles. The minimum absolute atomic E-state index is 0.0601. The molecule has 0 amide bonds. The summed E-state index contributed by atoms with van der Waals surface area (Å²) in [6, 6.07) is 0. The van der Waals surface area contributed by atoms with Crippen molar-refractivity contribution >= 4 is 36.1 Å². The van der Waals surface area contributed by atoms with Gasteiger partial charge >= 0.3 is 32.5 Å². The van der Waals surface area contributed by atoms with E-state index in [1.54, 1.807) is 0 Å². The molecule has 0 aromatic rings. The van der Waals surface area contributed by atoms with Gasteiger partial charge in [-0.3, -0.25) is 4.55 Å². The van der Waals surface area contributed by atoms with Crippen molar-refractivity contribution in [3.05, 3.63) is 12.2 Å². The fourth-order valence-electron chi connectivity index (χ4n) is 1.30. The van der Waals surface area contributed by atoms with Gasteiger partial charge in [-0.2, -0.15) is 34.8 Å². The van der Waals surface area contributed by atoms with Gasteiger partial charge in [0, 0.05) is 5.57 Å². The van der Waals surface area contributed by atoms with E-state index < -0.39 is 71.3 Å². The summed E-state index contributed by atoms with van der Waals surface area (Å²) >= 11 is 0. The van der Waals surface area contributed by atoms with Gasteiger partial charge in [0.25, 0.3) is 10.0 Å². The minimum atomic E-state index is -7.29. The first-order chi connectivity index (χ1) is 12.5. The predicted octanol–water partition coefficient (Wildman–Crippen LogP) is 0.454. The highest BCUT2D eigenvalue weighted by Gasteiger charge is 2.82. The number of ether oxygens (including phenoxy) is 1. The molecule has 0 spiro atoms. The average molecular weight is 501 g/mol. The standard InChI is InChI=1S/C10H13F6NO9S3/c1-6(2)7(18)26-4-3-5-27(19,20)17-28(21,22)9(13,14)8(11,12)10(15,16)29(23,24)25/h17H,1,3-5H2,2H3,(H,23,24,25). The molecule has 0 unspecified atom stereocenters. The highest BCUT2D eigenvalue weighted by atomic mass is 32.3. The number of alkyl halides is 6. The van der Waals surface area contributed by atoms with Gasteiger partial charge in [0.05, 0.1) is 12.4 Å². The Morgan fingerprint density at radius 1 is 1.00 bits per heavy atom. The Balaban J connectivity index is 5.57. The first-order valence-electron chi connectivity index (χ1n) is 6.72. The number of carbonyl (C=O) groups excluding carboxylic acids is 1. The summed E-state index contributed by atoms with van der Waals surface area (Å²) in [5, 5.41) is -14.0. The Hall–Kier alpha value is -1.44. The van der Waals surface area contributed by atoms with Crippen LogP contribution in [0.5, 0.6) is 0 Å². The highest BCUT2D eigenvalue weighted by Crippen LogP contribution is 2.50. The van der Waals surface area contributed by atoms with Crippen LogP contribution in [-0.2, 0) is 39.7 Å². The lowest BCUT2D eigenvalue weighted by molar-refractivity contribution is -0.245. The monoisotopic (exact) mass is 501 g/mol. The maximum absolute atomic E-state index is 13.5. The maximum atomic E-state index is 13.5. The molecule has 0 heterocycles. The third-order valence-corrected chi connectivity index (χ3v) is 7.32. The van der Waals surface area contributed by atoms with Crippen LogP contribution < -0.4 is 4.13 Å². The van der Waals surface area contributed by atoms with Crippen LogP contribution in [0.1, 0.15) is 13.3 Å². The molecular weight excluding hydrogens is 488 g/mol. The molecular formula is C10H13F6NO9S3. The summed E-state index contributed by atoms with van der Waals surface area (Å²) in [4.78, 5) is 11.0. The fourth-order valence-corrected chi connectivity index (χ4v) is 4.87. The van der Waals surface area contributed by atoms with Crippen molar-refractivity contribution in [3.63, 3.8) is 0 Å². The van der Waals surface area contributed by atoms with Crippen LogP contribution in [0.25, 0.3) is 0 Å². The first kappa shape index (κ1) is 27.6. The van der Waals surface area contributed by atoms with Crippen molar-refractivity contribution in [2.45, 2.75) is 29.8 Å². The second kappa shape index (κ2) is 8.36. The van der Waals surface area contributed by atoms with Gasteiger partial charge in [0.2, 0.25) is 10.0 Å². The van der Waals surface area contributed by atoms with Crippen LogP contribution in [0, 0.1) is 0 Å². The van der Waals surface area contributed by atoms with Crippen LogP contribution in [-0.4, -0.2) is 64.6 Å². The Kier molecular flexibility index (Phi) is 7.94. The lowest BCUT2D eigenvalue weighted by Gasteiger charge is -2.30. The second-order valence-corrected chi connectivity index (χ2v) is 10.5. The molecule has 0 rings (SSSR count). The van der Waals surface area contributed by atoms with Gasteiger partial charge in [0.1, 0.15) is 0 Å². The largest absolute Gasteiger partial charge is 0.462 e. The average Bonchev–Trinajstić information content (AvgIpc) is 2.48. The molecule has 0 aromatic carbocycles. The van der Waals surface area contributed by atoms with Gasteiger partial charge in [-0.05, 0) is 13.3 Å². The van der Waals surface area contributed by atoms with E-state index in [0.717, 1.165) is 0 Å². The lowest BCUT2D eigenvalue weighted by Crippen LogP contribution is -2.63. The molecule has 29 heavy (non-hydrogen) atoms. The molecule has 0 aliphatic rings. The van der Waals surface area contributed by atoms with Crippen LogP contribution >= 0.6 is 0 Å². The van der Waals surface area contributed by atoms with Gasteiger partial charge in [-0.25, -0.2) is 21.6 Å². The molecule has 0 atom stereocenters. The van der Waals surface area contributed by atoms with E-state index in [2.05, 4.69) is 11.3 Å². The molecule has 0 aromatic heterocycles. The lowest BCUT2D eigenvalue weighted by atomic mass is 10.3. The Morgan fingerprint density at radius 3 is 1.83 bits per heavy atom. The van der Waals surface area contributed by atoms with E-state index in [4.69, 9.17) is 4.55 Å². The molecule has 2 N–H and O–H groups in total. The third kappa shape index (κ3) is 5.80. The van der Waals surface area contributed by atoms with Gasteiger partial charge in [0.15, 0.2) is 0 Å². The van der Waals surface area contributed by atoms with Crippen LogP contribution in [0.2, 0.25) is 0 Å². The molecule has 0 saturated carbocycles. The summed E-state index contributed by atoms with van der Waals surface area (Å²) in [5.41, 5.74) is -0.116. The molecule has 0 aliphatic heterocycles. The summed E-state index contributed by atoms with van der Waals surface area (Å²) in [7, 11) is -19.8. The van der Waals surface area contributed by atoms with E-state index in [1.807, 2.05) is 0 Å². The van der Waals surface area contributed by atoms with Crippen molar-refractivity contribution < 1.29 is 65.7 Å². The zero-order valence-corrected chi connectivity index (χ0v) is 16.5. The molecule has 172 valence electrons. The molecule has 10 nitrogen and oxygen atoms in total. The van der Waals surface area contributed by atoms with Crippen LogP contribution in [0.4, 0.5) is 26.3 Å². The van der Waals surface area contributed by atoms with Crippen molar-refractivity contribution in [2.75, 3.05) is 12.4 Å². The van der Waals surface area contributed by atoms with Crippen molar-refractivity contribution in [1.29, 1.82) is 0 Å². The topological polar surface area (TPSA) is 161 Å². The number of carbonyl (C=O) groups is 1. The van der Waals surface area contributed by atoms with Crippen molar-refractivity contribution in [3.8, 4) is 0 Å². The number of hydrogen-bond acceptors (Lipinski definition) is 8. The summed E-state index contributed by atoms with van der Waals surface area (Å²) < 4.78 is 158. The summed E-state index contributed by atoms with van der Waals surface area (Å²) in [6.07, 6.45) is -0.743. The maximum Gasteiger partial charge on any atom is 0.439 e. The van der Waals surface area contributed by atoms with Crippen molar-refractivity contribution in [1.82, 2.24) is 4.13 Å². The Bertz CT molecular complexity index is 972. The van der Waals surface area contributed by atoms with E-state index in [0.29, 0.717) is 0 Å². The second-order valence-electron chi connectivity index (χ2n) is 5.26. The normalized spacial score (nSPS) is 14.5. The first-order valence-corrected chi connectivity index (χ1v) is 11.3. The number of halogens is 6. The van der Waals surface area contributed by atoms with Gasteiger partial charge < -0.3 is 4.74 Å². The van der Waals surface area contributed by atoms with E-state index in [1.165, 1.54) is 6.92 Å². The van der Waals surface area contributed by atoms with Gasteiger partial charge in [-0.1, -0.05) is 6.58 Å². The summed E-state index contributed by atoms with van der Waals surface area (Å²) in [6.45, 7) is 3.66. The minimum Gasteiger partial charge on any atom is -0.462 e. The molecule has 19 heteroatoms. The molecule has 0 aliphatic carbocycles. The van der Waals surface area contributed by atoms with Crippen LogP contribution in [0.15, 0.2) is 12.2 Å². The number of rotatable bonds is 11. The summed E-state index contributed by atoms with van der Waals surface area (Å²) in [5.74, 6) is -9.69. The zero-order valence-electron chi connectivity index (χ0n) is 14.0. The quantitative estimate of drug-likeness (QED) is 0.135. The Labute approximate surface area is 160 Å². The smallest absolute Gasteiger partial charge is 0.439 e. The third-order valence-electron chi connectivity index (χ3n) is 2.77. The van der Waals surface area contributed by atoms with E-state index >= 15 is 0 Å². The van der Waals surface area contributed by atoms with E-state index in [-0.39, 0.29) is 9.70 Å².